The number of rotatable bonds is 3. The molecule has 1 aromatic heterocycles. The first-order chi connectivity index (χ1) is 7.24. The molecule has 0 saturated carbocycles. The molecule has 0 amide bonds. The van der Waals surface area contributed by atoms with Crippen molar-refractivity contribution in [2.45, 2.75) is 6.61 Å². The summed E-state index contributed by atoms with van der Waals surface area (Å²) in [5.41, 5.74) is 1.05. The number of para-hydroxylation sites is 1. The van der Waals surface area contributed by atoms with Crippen LogP contribution in [0.25, 0.3) is 11.0 Å². The van der Waals surface area contributed by atoms with E-state index in [1.165, 1.54) is 7.11 Å². The van der Waals surface area contributed by atoms with Crippen LogP contribution < -0.4 is 5.11 Å². The zero-order chi connectivity index (χ0) is 10.8. The van der Waals surface area contributed by atoms with Crippen molar-refractivity contribution in [1.29, 1.82) is 0 Å². The second kappa shape index (κ2) is 3.74. The molecule has 0 fully saturated rings. The van der Waals surface area contributed by atoms with Crippen LogP contribution in [0.2, 0.25) is 0 Å². The number of carboxylic acids is 1. The van der Waals surface area contributed by atoms with Gasteiger partial charge in [0.2, 0.25) is 0 Å². The first-order valence-corrected chi connectivity index (χ1v) is 4.44. The lowest BCUT2D eigenvalue weighted by atomic mass is 10.1. The number of ether oxygens (including phenoxy) is 1. The molecule has 0 aliphatic heterocycles. The van der Waals surface area contributed by atoms with Crippen LogP contribution in [-0.4, -0.2) is 13.1 Å². The largest absolute Gasteiger partial charge is 0.542 e. The summed E-state index contributed by atoms with van der Waals surface area (Å²) in [7, 11) is 1.50. The van der Waals surface area contributed by atoms with E-state index in [0.29, 0.717) is 11.1 Å². The molecule has 0 aliphatic rings. The normalized spacial score (nSPS) is 10.7. The van der Waals surface area contributed by atoms with Gasteiger partial charge in [0.1, 0.15) is 11.6 Å². The van der Waals surface area contributed by atoms with E-state index >= 15 is 0 Å². The number of carbonyl (C=O) groups excluding carboxylic acids is 1. The second-order valence-electron chi connectivity index (χ2n) is 3.13. The molecule has 0 unspecified atom stereocenters. The van der Waals surface area contributed by atoms with Crippen molar-refractivity contribution in [1.82, 2.24) is 0 Å². The topological polar surface area (TPSA) is 62.5 Å². The number of methoxy groups -OCH3 is 1. The van der Waals surface area contributed by atoms with Gasteiger partial charge in [-0.25, -0.2) is 0 Å². The van der Waals surface area contributed by atoms with Crippen molar-refractivity contribution in [2.24, 2.45) is 0 Å². The molecule has 1 aromatic carbocycles. The maximum absolute atomic E-state index is 10.8. The third kappa shape index (κ3) is 1.59. The second-order valence-corrected chi connectivity index (χ2v) is 3.13. The first-order valence-electron chi connectivity index (χ1n) is 4.44. The number of aromatic carboxylic acids is 1. The van der Waals surface area contributed by atoms with Gasteiger partial charge in [-0.15, -0.1) is 0 Å². The van der Waals surface area contributed by atoms with Gasteiger partial charge in [-0.05, 0) is 6.07 Å². The van der Waals surface area contributed by atoms with Gasteiger partial charge in [0.25, 0.3) is 0 Å². The van der Waals surface area contributed by atoms with Crippen molar-refractivity contribution < 1.29 is 19.1 Å². The lowest BCUT2D eigenvalue weighted by Crippen LogP contribution is -2.22. The number of hydrogen-bond donors (Lipinski definition) is 0. The molecule has 4 nitrogen and oxygen atoms in total. The van der Waals surface area contributed by atoms with E-state index in [9.17, 15) is 9.90 Å². The Hall–Kier alpha value is -1.81. The summed E-state index contributed by atoms with van der Waals surface area (Å²) in [6.07, 6.45) is 0. The average Bonchev–Trinajstić information content (AvgIpc) is 2.58. The van der Waals surface area contributed by atoms with Crippen LogP contribution in [0.3, 0.4) is 0 Å². The lowest BCUT2D eigenvalue weighted by Gasteiger charge is -2.01. The van der Waals surface area contributed by atoms with Crippen molar-refractivity contribution in [3.8, 4) is 0 Å². The van der Waals surface area contributed by atoms with E-state index < -0.39 is 5.97 Å². The molecule has 0 atom stereocenters. The fourth-order valence-electron chi connectivity index (χ4n) is 1.55. The van der Waals surface area contributed by atoms with Gasteiger partial charge in [0.05, 0.1) is 6.61 Å². The Morgan fingerprint density at radius 1 is 1.47 bits per heavy atom. The number of furan rings is 1. The summed E-state index contributed by atoms with van der Waals surface area (Å²) in [6, 6.07) is 7.10. The third-order valence-corrected chi connectivity index (χ3v) is 2.17. The monoisotopic (exact) mass is 205 g/mol. The molecular formula is C11H9O4-. The van der Waals surface area contributed by atoms with Gasteiger partial charge in [-0.2, -0.15) is 0 Å². The van der Waals surface area contributed by atoms with Gasteiger partial charge >= 0.3 is 0 Å². The Labute approximate surface area is 86.1 Å². The molecule has 4 heteroatoms. The van der Waals surface area contributed by atoms with Gasteiger partial charge < -0.3 is 19.1 Å². The van der Waals surface area contributed by atoms with E-state index in [1.807, 2.05) is 6.07 Å². The van der Waals surface area contributed by atoms with E-state index in [2.05, 4.69) is 0 Å². The number of carboxylic acid groups (broad SMARTS) is 1. The predicted molar refractivity (Wildman–Crippen MR) is 51.3 cm³/mol. The van der Waals surface area contributed by atoms with Crippen LogP contribution in [0.4, 0.5) is 0 Å². The van der Waals surface area contributed by atoms with E-state index in [0.717, 1.165) is 5.39 Å². The van der Waals surface area contributed by atoms with Gasteiger partial charge in [0, 0.05) is 18.1 Å². The SMILES string of the molecule is COCc1c(C(=O)[O-])oc2ccccc12. The van der Waals surface area contributed by atoms with Crippen molar-refractivity contribution in [3.63, 3.8) is 0 Å². The summed E-state index contributed by atoms with van der Waals surface area (Å²) in [5.74, 6) is -1.48. The minimum absolute atomic E-state index is 0.155. The maximum Gasteiger partial charge on any atom is 0.156 e. The predicted octanol–water partition coefficient (Wildman–Crippen LogP) is 0.943. The van der Waals surface area contributed by atoms with Crippen LogP contribution in [0.15, 0.2) is 28.7 Å². The highest BCUT2D eigenvalue weighted by atomic mass is 16.5. The van der Waals surface area contributed by atoms with Crippen LogP contribution in [0.1, 0.15) is 16.1 Å². The molecule has 0 aliphatic carbocycles. The summed E-state index contributed by atoms with van der Waals surface area (Å²) in [6.45, 7) is 0.195. The molecular weight excluding hydrogens is 196 g/mol. The van der Waals surface area contributed by atoms with Gasteiger partial charge in [-0.1, -0.05) is 18.2 Å². The maximum atomic E-state index is 10.8. The molecule has 0 saturated heterocycles. The van der Waals surface area contributed by atoms with Crippen LogP contribution in [-0.2, 0) is 11.3 Å². The van der Waals surface area contributed by atoms with E-state index in [4.69, 9.17) is 9.15 Å². The number of hydrogen-bond acceptors (Lipinski definition) is 4. The van der Waals surface area contributed by atoms with Crippen LogP contribution >= 0.6 is 0 Å². The first kappa shape index (κ1) is 9.73. The molecule has 2 aromatic rings. The molecule has 2 rings (SSSR count). The quantitative estimate of drug-likeness (QED) is 0.748. The Balaban J connectivity index is 2.68. The number of benzene rings is 1. The highest BCUT2D eigenvalue weighted by Gasteiger charge is 2.13. The minimum Gasteiger partial charge on any atom is -0.542 e. The zero-order valence-electron chi connectivity index (χ0n) is 8.15. The Kier molecular flexibility index (Phi) is 2.43. The summed E-state index contributed by atoms with van der Waals surface area (Å²) in [4.78, 5) is 10.8. The van der Waals surface area contributed by atoms with Gasteiger partial charge in [0.15, 0.2) is 5.76 Å². The van der Waals surface area contributed by atoms with Crippen molar-refractivity contribution in [2.75, 3.05) is 7.11 Å². The molecule has 0 N–H and O–H groups in total. The Bertz CT molecular complexity index is 498. The highest BCUT2D eigenvalue weighted by Crippen LogP contribution is 2.25. The third-order valence-electron chi connectivity index (χ3n) is 2.17. The molecule has 0 spiro atoms. The van der Waals surface area contributed by atoms with Crippen LogP contribution in [0, 0.1) is 0 Å². The van der Waals surface area contributed by atoms with Crippen molar-refractivity contribution in [3.05, 3.63) is 35.6 Å². The molecule has 0 bridgehead atoms. The molecule has 1 heterocycles. The average molecular weight is 205 g/mol. The fourth-order valence-corrected chi connectivity index (χ4v) is 1.55. The fraction of sp³-hybridized carbons (Fsp3) is 0.182. The Morgan fingerprint density at radius 3 is 2.87 bits per heavy atom. The molecule has 78 valence electrons. The lowest BCUT2D eigenvalue weighted by molar-refractivity contribution is -0.257. The molecule has 0 radical (unpaired) electrons. The molecule has 15 heavy (non-hydrogen) atoms. The number of fused-ring (bicyclic) bond motifs is 1. The standard InChI is InChI=1S/C11H10O4/c1-14-6-8-7-4-2-3-5-9(7)15-10(8)11(12)13/h2-5H,6H2,1H3,(H,12,13)/p-1. The van der Waals surface area contributed by atoms with Gasteiger partial charge in [-0.3, -0.25) is 0 Å². The van der Waals surface area contributed by atoms with E-state index in [-0.39, 0.29) is 12.4 Å². The highest BCUT2D eigenvalue weighted by molar-refractivity contribution is 5.93. The van der Waals surface area contributed by atoms with E-state index in [1.54, 1.807) is 18.2 Å². The minimum atomic E-state index is -1.32. The van der Waals surface area contributed by atoms with Crippen LogP contribution in [0.5, 0.6) is 0 Å². The smallest absolute Gasteiger partial charge is 0.156 e. The summed E-state index contributed by atoms with van der Waals surface area (Å²) < 4.78 is 10.1. The zero-order valence-corrected chi connectivity index (χ0v) is 8.15. The van der Waals surface area contributed by atoms with Crippen molar-refractivity contribution >= 4 is 16.9 Å². The Morgan fingerprint density at radius 2 is 2.20 bits per heavy atom. The number of carbonyl (C=O) groups is 1. The summed E-state index contributed by atoms with van der Waals surface area (Å²) >= 11 is 0. The summed E-state index contributed by atoms with van der Waals surface area (Å²) in [5, 5.41) is 11.6.